The molecule has 2 aromatic rings. The predicted octanol–water partition coefficient (Wildman–Crippen LogP) is 5.44. The van der Waals surface area contributed by atoms with Crippen LogP contribution in [-0.4, -0.2) is 57.6 Å². The van der Waals surface area contributed by atoms with Crippen molar-refractivity contribution in [3.63, 3.8) is 0 Å². The molecule has 0 radical (unpaired) electrons. The van der Waals surface area contributed by atoms with Gasteiger partial charge in [0, 0.05) is 44.5 Å². The largest absolute Gasteiger partial charge is 0.454 e. The number of nitrogens with zero attached hydrogens (tertiary/aromatic N) is 5. The van der Waals surface area contributed by atoms with Gasteiger partial charge < -0.3 is 19.2 Å². The minimum Gasteiger partial charge on any atom is -0.454 e. The Balaban J connectivity index is 1.37. The highest BCUT2D eigenvalue weighted by Crippen LogP contribution is 2.41. The lowest BCUT2D eigenvalue weighted by atomic mass is 9.96. The van der Waals surface area contributed by atoms with Gasteiger partial charge in [0.15, 0.2) is 11.6 Å². The fourth-order valence-corrected chi connectivity index (χ4v) is 4.69. The second-order valence-corrected chi connectivity index (χ2v) is 10.8. The molecule has 0 atom stereocenters. The van der Waals surface area contributed by atoms with Crippen molar-refractivity contribution in [2.75, 3.05) is 31.4 Å². The third-order valence-electron chi connectivity index (χ3n) is 6.80. The van der Waals surface area contributed by atoms with Crippen molar-refractivity contribution in [2.45, 2.75) is 83.2 Å². The van der Waals surface area contributed by atoms with Crippen LogP contribution in [-0.2, 0) is 9.57 Å². The highest BCUT2D eigenvalue weighted by atomic mass is 16.7. The summed E-state index contributed by atoms with van der Waals surface area (Å²) in [6.45, 7) is 8.95. The number of amides is 1. The van der Waals surface area contributed by atoms with Crippen LogP contribution in [0.4, 0.5) is 10.6 Å². The lowest BCUT2D eigenvalue weighted by molar-refractivity contribution is 0.0633. The molecular formula is C26H37N5O4. The molecule has 3 fully saturated rings. The zero-order valence-electron chi connectivity index (χ0n) is 21.1. The standard InChI is InChI=1S/C26H37N5O4/c1-26(2,3)31(35-25(32)29-13-5-4-6-14-29)23-17-21(9-12-27-23)34-22-18-30(20-7-8-20)28-24(22)19-10-15-33-16-11-19/h9,12,17-20H,4-8,10-11,13-16H2,1-3H3. The minimum atomic E-state index is -0.485. The molecule has 0 N–H and O–H groups in total. The highest BCUT2D eigenvalue weighted by molar-refractivity contribution is 5.69. The molecule has 1 amide bonds. The van der Waals surface area contributed by atoms with E-state index in [1.807, 2.05) is 39.1 Å². The average Bonchev–Trinajstić information content (AvgIpc) is 3.63. The van der Waals surface area contributed by atoms with Crippen LogP contribution < -0.4 is 9.80 Å². The molecule has 0 aromatic carbocycles. The Bertz CT molecular complexity index is 1020. The van der Waals surface area contributed by atoms with Gasteiger partial charge in [0.25, 0.3) is 0 Å². The monoisotopic (exact) mass is 483 g/mol. The van der Waals surface area contributed by atoms with E-state index in [4.69, 9.17) is 19.4 Å². The Morgan fingerprint density at radius 2 is 1.86 bits per heavy atom. The Hall–Kier alpha value is -2.81. The second kappa shape index (κ2) is 10.0. The van der Waals surface area contributed by atoms with Crippen molar-refractivity contribution < 1.29 is 19.1 Å². The molecule has 5 rings (SSSR count). The van der Waals surface area contributed by atoms with E-state index in [1.54, 1.807) is 16.2 Å². The van der Waals surface area contributed by atoms with Crippen LogP contribution in [0.25, 0.3) is 0 Å². The summed E-state index contributed by atoms with van der Waals surface area (Å²) in [6.07, 6.45) is 10.8. The fourth-order valence-electron chi connectivity index (χ4n) is 4.69. The topological polar surface area (TPSA) is 82.0 Å². The first kappa shape index (κ1) is 23.9. The molecule has 0 unspecified atom stereocenters. The number of hydrogen-bond donors (Lipinski definition) is 0. The SMILES string of the molecule is CC(C)(C)N(OC(=O)N1CCCCC1)c1cc(Oc2cn(C3CC3)nc2C2CCOCC2)ccn1. The first-order valence-corrected chi connectivity index (χ1v) is 13.0. The average molecular weight is 484 g/mol. The van der Waals surface area contributed by atoms with Gasteiger partial charge in [-0.05, 0) is 71.8 Å². The second-order valence-electron chi connectivity index (χ2n) is 10.8. The van der Waals surface area contributed by atoms with Gasteiger partial charge in [-0.25, -0.2) is 9.78 Å². The summed E-state index contributed by atoms with van der Waals surface area (Å²) in [5, 5.41) is 6.50. The summed E-state index contributed by atoms with van der Waals surface area (Å²) in [5.74, 6) is 2.29. The maximum atomic E-state index is 12.9. The number of anilines is 1. The molecule has 9 heteroatoms. The molecular weight excluding hydrogens is 446 g/mol. The maximum absolute atomic E-state index is 12.9. The van der Waals surface area contributed by atoms with E-state index in [0.29, 0.717) is 23.5 Å². The minimum absolute atomic E-state index is 0.330. The van der Waals surface area contributed by atoms with Gasteiger partial charge in [-0.1, -0.05) is 0 Å². The number of carbonyl (C=O) groups is 1. The first-order chi connectivity index (χ1) is 16.9. The van der Waals surface area contributed by atoms with E-state index in [9.17, 15) is 4.79 Å². The molecule has 2 aromatic heterocycles. The third-order valence-corrected chi connectivity index (χ3v) is 6.80. The van der Waals surface area contributed by atoms with Crippen molar-refractivity contribution in [3.05, 3.63) is 30.2 Å². The van der Waals surface area contributed by atoms with E-state index < -0.39 is 5.54 Å². The number of carbonyl (C=O) groups excluding carboxylic acids is 1. The van der Waals surface area contributed by atoms with Crippen LogP contribution in [0.2, 0.25) is 0 Å². The van der Waals surface area contributed by atoms with Gasteiger partial charge in [0.1, 0.15) is 11.4 Å². The van der Waals surface area contributed by atoms with Crippen molar-refractivity contribution in [3.8, 4) is 11.5 Å². The number of piperidine rings is 1. The van der Waals surface area contributed by atoms with Crippen LogP contribution in [0.15, 0.2) is 24.5 Å². The number of rotatable bonds is 6. The molecule has 4 heterocycles. The Kier molecular flexibility index (Phi) is 6.86. The van der Waals surface area contributed by atoms with Gasteiger partial charge >= 0.3 is 6.09 Å². The third kappa shape index (κ3) is 5.72. The zero-order valence-corrected chi connectivity index (χ0v) is 21.1. The molecule has 0 spiro atoms. The number of ether oxygens (including phenoxy) is 2. The Morgan fingerprint density at radius 1 is 1.11 bits per heavy atom. The maximum Gasteiger partial charge on any atom is 0.434 e. The lowest BCUT2D eigenvalue weighted by Gasteiger charge is -2.36. The Labute approximate surface area is 207 Å². The summed E-state index contributed by atoms with van der Waals surface area (Å²) in [5.41, 5.74) is 0.518. The molecule has 35 heavy (non-hydrogen) atoms. The van der Waals surface area contributed by atoms with Crippen LogP contribution in [0.3, 0.4) is 0 Å². The van der Waals surface area contributed by atoms with Gasteiger partial charge in [-0.15, -0.1) is 0 Å². The molecule has 3 aliphatic rings. The summed E-state index contributed by atoms with van der Waals surface area (Å²) in [7, 11) is 0. The molecule has 2 aliphatic heterocycles. The van der Waals surface area contributed by atoms with Crippen LogP contribution in [0.5, 0.6) is 11.5 Å². The first-order valence-electron chi connectivity index (χ1n) is 13.0. The summed E-state index contributed by atoms with van der Waals surface area (Å²) >= 11 is 0. The van der Waals surface area contributed by atoms with Crippen molar-refractivity contribution in [2.24, 2.45) is 0 Å². The van der Waals surface area contributed by atoms with E-state index in [-0.39, 0.29) is 6.09 Å². The number of aromatic nitrogens is 3. The van der Waals surface area contributed by atoms with E-state index in [0.717, 1.165) is 82.7 Å². The van der Waals surface area contributed by atoms with Gasteiger partial charge in [0.05, 0.1) is 17.8 Å². The molecule has 190 valence electrons. The van der Waals surface area contributed by atoms with E-state index >= 15 is 0 Å². The zero-order chi connectivity index (χ0) is 24.4. The number of likely N-dealkylation sites (tertiary alicyclic amines) is 1. The predicted molar refractivity (Wildman–Crippen MR) is 132 cm³/mol. The molecule has 9 nitrogen and oxygen atoms in total. The van der Waals surface area contributed by atoms with Crippen LogP contribution in [0, 0.1) is 0 Å². The van der Waals surface area contributed by atoms with Crippen LogP contribution in [0.1, 0.15) is 83.4 Å². The quantitative estimate of drug-likeness (QED) is 0.506. The van der Waals surface area contributed by atoms with Crippen molar-refractivity contribution >= 4 is 11.9 Å². The number of hydroxylamine groups is 1. The summed E-state index contributed by atoms with van der Waals surface area (Å²) in [6, 6.07) is 4.14. The van der Waals surface area contributed by atoms with Gasteiger partial charge in [-0.2, -0.15) is 10.2 Å². The summed E-state index contributed by atoms with van der Waals surface area (Å²) in [4.78, 5) is 25.0. The van der Waals surface area contributed by atoms with E-state index in [1.165, 1.54) is 0 Å². The number of pyridine rings is 1. The molecule has 1 aliphatic carbocycles. The molecule has 1 saturated carbocycles. The molecule has 2 saturated heterocycles. The van der Waals surface area contributed by atoms with Crippen LogP contribution >= 0.6 is 0 Å². The van der Waals surface area contributed by atoms with Gasteiger partial charge in [0.2, 0.25) is 0 Å². The van der Waals surface area contributed by atoms with E-state index in [2.05, 4.69) is 9.67 Å². The van der Waals surface area contributed by atoms with Crippen molar-refractivity contribution in [1.29, 1.82) is 0 Å². The smallest absolute Gasteiger partial charge is 0.434 e. The molecule has 0 bridgehead atoms. The normalized spacial score (nSPS) is 19.5. The number of hydrogen-bond acceptors (Lipinski definition) is 7. The lowest BCUT2D eigenvalue weighted by Crippen LogP contribution is -2.47. The Morgan fingerprint density at radius 3 is 2.54 bits per heavy atom. The highest BCUT2D eigenvalue weighted by Gasteiger charge is 2.32. The fraction of sp³-hybridized carbons (Fsp3) is 0.654. The van der Waals surface area contributed by atoms with Crippen molar-refractivity contribution in [1.82, 2.24) is 19.7 Å². The van der Waals surface area contributed by atoms with Gasteiger partial charge in [-0.3, -0.25) is 4.68 Å². The summed E-state index contributed by atoms with van der Waals surface area (Å²) < 4.78 is 14.0.